The molecule has 5 fully saturated rings. The lowest BCUT2D eigenvalue weighted by Gasteiger charge is -2.63. The van der Waals surface area contributed by atoms with Gasteiger partial charge in [-0.25, -0.2) is 0 Å². The Morgan fingerprint density at radius 1 is 1.00 bits per heavy atom. The van der Waals surface area contributed by atoms with Gasteiger partial charge < -0.3 is 24.8 Å². The number of hydrogen-bond acceptors (Lipinski definition) is 6. The van der Waals surface area contributed by atoms with Gasteiger partial charge in [-0.2, -0.15) is 0 Å². The third-order valence-corrected chi connectivity index (χ3v) is 9.32. The second-order valence-electron chi connectivity index (χ2n) is 10.3. The Kier molecular flexibility index (Phi) is 3.94. The molecule has 0 bridgehead atoms. The van der Waals surface area contributed by atoms with E-state index in [4.69, 9.17) is 9.47 Å². The first-order valence-electron chi connectivity index (χ1n) is 10.6. The summed E-state index contributed by atoms with van der Waals surface area (Å²) in [5.41, 5.74) is -0.976. The van der Waals surface area contributed by atoms with E-state index in [1.165, 1.54) is 0 Å². The number of ketones is 1. The van der Waals surface area contributed by atoms with E-state index in [2.05, 4.69) is 6.92 Å². The molecule has 1 saturated heterocycles. The highest BCUT2D eigenvalue weighted by molar-refractivity contribution is 5.88. The quantitative estimate of drug-likeness (QED) is 0.585. The van der Waals surface area contributed by atoms with Gasteiger partial charge in [-0.05, 0) is 49.4 Å². The second kappa shape index (κ2) is 5.76. The fourth-order valence-corrected chi connectivity index (χ4v) is 7.72. The lowest BCUT2D eigenvalue weighted by Crippen LogP contribution is -2.64. The fraction of sp³-hybridized carbons (Fsp3) is 0.952. The highest BCUT2D eigenvalue weighted by Gasteiger charge is 2.68. The van der Waals surface area contributed by atoms with Crippen LogP contribution < -0.4 is 0 Å². The Balaban J connectivity index is 1.51. The maximum absolute atomic E-state index is 12.6. The van der Waals surface area contributed by atoms with Crippen molar-refractivity contribution in [2.24, 2.45) is 34.5 Å². The smallest absolute Gasteiger partial charge is 0.168 e. The van der Waals surface area contributed by atoms with Gasteiger partial charge in [0.15, 0.2) is 5.79 Å². The number of ether oxygens (including phenoxy) is 2. The fourth-order valence-electron chi connectivity index (χ4n) is 7.72. The minimum atomic E-state index is -0.932. The molecule has 0 aromatic rings. The molecule has 1 spiro atoms. The van der Waals surface area contributed by atoms with Gasteiger partial charge >= 0.3 is 0 Å². The van der Waals surface area contributed by atoms with Crippen molar-refractivity contribution in [2.45, 2.75) is 76.5 Å². The van der Waals surface area contributed by atoms with Crippen LogP contribution in [-0.4, -0.2) is 58.4 Å². The van der Waals surface area contributed by atoms with Crippen molar-refractivity contribution >= 4 is 5.78 Å². The van der Waals surface area contributed by atoms with Crippen LogP contribution in [0.15, 0.2) is 0 Å². The molecule has 1 heterocycles. The van der Waals surface area contributed by atoms with Crippen LogP contribution in [-0.2, 0) is 14.3 Å². The molecule has 0 amide bonds. The van der Waals surface area contributed by atoms with E-state index in [9.17, 15) is 20.1 Å². The van der Waals surface area contributed by atoms with Crippen molar-refractivity contribution in [1.82, 2.24) is 0 Å². The molecule has 4 aliphatic carbocycles. The Morgan fingerprint density at radius 3 is 2.41 bits per heavy atom. The van der Waals surface area contributed by atoms with Gasteiger partial charge in [-0.1, -0.05) is 6.92 Å². The van der Waals surface area contributed by atoms with Gasteiger partial charge in [0.05, 0.1) is 36.9 Å². The number of rotatable bonds is 0. The van der Waals surface area contributed by atoms with E-state index in [0.717, 1.165) is 19.3 Å². The predicted molar refractivity (Wildman–Crippen MR) is 95.5 cm³/mol. The minimum absolute atomic E-state index is 0.0435. The maximum atomic E-state index is 12.6. The van der Waals surface area contributed by atoms with E-state index in [1.807, 2.05) is 0 Å². The minimum Gasteiger partial charge on any atom is -0.393 e. The first-order chi connectivity index (χ1) is 12.7. The van der Waals surface area contributed by atoms with Crippen LogP contribution in [0, 0.1) is 34.5 Å². The molecule has 0 unspecified atom stereocenters. The van der Waals surface area contributed by atoms with E-state index in [-0.39, 0.29) is 41.3 Å². The van der Waals surface area contributed by atoms with E-state index in [1.54, 1.807) is 6.92 Å². The summed E-state index contributed by atoms with van der Waals surface area (Å²) >= 11 is 0. The molecule has 0 radical (unpaired) electrons. The maximum Gasteiger partial charge on any atom is 0.168 e. The zero-order valence-electron chi connectivity index (χ0n) is 16.3. The lowest BCUT2D eigenvalue weighted by atomic mass is 9.43. The molecule has 6 nitrogen and oxygen atoms in total. The Morgan fingerprint density at radius 2 is 1.70 bits per heavy atom. The monoisotopic (exact) mass is 380 g/mol. The number of fused-ring (bicyclic) bond motifs is 5. The first kappa shape index (κ1) is 18.5. The molecule has 4 saturated carbocycles. The standard InChI is InChI=1S/C21H32O6/c1-19-3-4-21(26-5-6-27-21)10-11(19)7-13(22)17-12(19)8-15(24)20(2)16(25)9-14(23)18(17)20/h11-15,17-18,22-24H,3-10H2,1-2H3/t11-,12-,13+,14-,15-,17-,18-,19-,20+/m0/s1. The molecule has 152 valence electrons. The molecular formula is C21H32O6. The van der Waals surface area contributed by atoms with Crippen molar-refractivity contribution in [3.63, 3.8) is 0 Å². The van der Waals surface area contributed by atoms with Crippen LogP contribution >= 0.6 is 0 Å². The molecule has 5 rings (SSSR count). The van der Waals surface area contributed by atoms with Crippen molar-refractivity contribution in [2.75, 3.05) is 13.2 Å². The van der Waals surface area contributed by atoms with Gasteiger partial charge in [-0.15, -0.1) is 0 Å². The Labute approximate surface area is 160 Å². The van der Waals surface area contributed by atoms with Crippen LogP contribution in [0.3, 0.4) is 0 Å². The number of hydrogen-bond donors (Lipinski definition) is 3. The number of aliphatic hydroxyl groups is 3. The number of carbonyl (C=O) groups excluding carboxylic acids is 1. The molecule has 0 aromatic heterocycles. The SMILES string of the molecule is C[C@]12CCC3(C[C@@H]1C[C@@H](O)[C@H]1[C@@H]4[C@@H](O)CC(=O)[C@@]4(C)[C@@H](O)C[C@@H]12)OCCO3. The summed E-state index contributed by atoms with van der Waals surface area (Å²) in [7, 11) is 0. The molecule has 1 aliphatic heterocycles. The van der Waals surface area contributed by atoms with Crippen molar-refractivity contribution < 1.29 is 29.6 Å². The highest BCUT2D eigenvalue weighted by Crippen LogP contribution is 2.66. The molecule has 5 aliphatic rings. The third kappa shape index (κ3) is 2.28. The molecular weight excluding hydrogens is 348 g/mol. The Hall–Kier alpha value is -0.530. The summed E-state index contributed by atoms with van der Waals surface area (Å²) in [6.07, 6.45) is 1.71. The van der Waals surface area contributed by atoms with Crippen molar-refractivity contribution in [3.8, 4) is 0 Å². The number of carbonyl (C=O) groups is 1. The summed E-state index contributed by atoms with van der Waals surface area (Å²) in [5.74, 6) is -0.700. The van der Waals surface area contributed by atoms with Gasteiger partial charge in [0.2, 0.25) is 0 Å². The van der Waals surface area contributed by atoms with Gasteiger partial charge in [0.1, 0.15) is 5.78 Å². The second-order valence-corrected chi connectivity index (χ2v) is 10.3. The van der Waals surface area contributed by atoms with Gasteiger partial charge in [-0.3, -0.25) is 4.79 Å². The first-order valence-corrected chi connectivity index (χ1v) is 10.6. The zero-order valence-corrected chi connectivity index (χ0v) is 16.3. The average molecular weight is 380 g/mol. The lowest BCUT2D eigenvalue weighted by molar-refractivity contribution is -0.252. The van der Waals surface area contributed by atoms with E-state index < -0.39 is 29.5 Å². The summed E-state index contributed by atoms with van der Waals surface area (Å²) in [5, 5.41) is 32.9. The van der Waals surface area contributed by atoms with Gasteiger partial charge in [0.25, 0.3) is 0 Å². The molecule has 0 aromatic carbocycles. The van der Waals surface area contributed by atoms with Crippen LogP contribution in [0.5, 0.6) is 0 Å². The zero-order chi connectivity index (χ0) is 19.2. The summed E-state index contributed by atoms with van der Waals surface area (Å²) < 4.78 is 11.9. The van der Waals surface area contributed by atoms with Crippen LogP contribution in [0.2, 0.25) is 0 Å². The molecule has 9 atom stereocenters. The number of aliphatic hydroxyl groups excluding tert-OH is 3. The topological polar surface area (TPSA) is 96.2 Å². The van der Waals surface area contributed by atoms with Crippen LogP contribution in [0.1, 0.15) is 52.4 Å². The van der Waals surface area contributed by atoms with E-state index >= 15 is 0 Å². The van der Waals surface area contributed by atoms with Gasteiger partial charge in [0, 0.05) is 25.2 Å². The Bertz CT molecular complexity index is 645. The normalized spacial score (nSPS) is 56.6. The predicted octanol–water partition coefficient (Wildman–Crippen LogP) is 1.25. The molecule has 3 N–H and O–H groups in total. The summed E-state index contributed by atoms with van der Waals surface area (Å²) in [4.78, 5) is 12.6. The van der Waals surface area contributed by atoms with Crippen LogP contribution in [0.25, 0.3) is 0 Å². The molecule has 6 heteroatoms. The summed E-state index contributed by atoms with van der Waals surface area (Å²) in [6.45, 7) is 5.34. The van der Waals surface area contributed by atoms with Crippen LogP contribution in [0.4, 0.5) is 0 Å². The third-order valence-electron chi connectivity index (χ3n) is 9.32. The highest BCUT2D eigenvalue weighted by atomic mass is 16.7. The molecule has 27 heavy (non-hydrogen) atoms. The van der Waals surface area contributed by atoms with Crippen molar-refractivity contribution in [3.05, 3.63) is 0 Å². The largest absolute Gasteiger partial charge is 0.393 e. The van der Waals surface area contributed by atoms with E-state index in [0.29, 0.717) is 26.1 Å². The summed E-state index contributed by atoms with van der Waals surface area (Å²) in [6, 6.07) is 0. The van der Waals surface area contributed by atoms with Crippen molar-refractivity contribution in [1.29, 1.82) is 0 Å². The number of Topliss-reactive ketones (excluding diaryl/α,β-unsaturated/α-hetero) is 1. The average Bonchev–Trinajstić information content (AvgIpc) is 3.15.